The number of anilines is 1. The summed E-state index contributed by atoms with van der Waals surface area (Å²) in [7, 11) is 0. The van der Waals surface area contributed by atoms with Crippen LogP contribution in [0.4, 0.5) is 5.69 Å². The molecule has 0 fully saturated rings. The number of hydrogen-bond acceptors (Lipinski definition) is 2. The predicted molar refractivity (Wildman–Crippen MR) is 90.0 cm³/mol. The lowest BCUT2D eigenvalue weighted by atomic mass is 10.2. The van der Waals surface area contributed by atoms with Crippen molar-refractivity contribution in [1.82, 2.24) is 9.55 Å². The van der Waals surface area contributed by atoms with Gasteiger partial charge in [-0.1, -0.05) is 23.2 Å². The number of halogens is 2. The number of nitrogens with zero attached hydrogens (tertiary/aromatic N) is 2. The van der Waals surface area contributed by atoms with Crippen LogP contribution in [0, 0.1) is 0 Å². The molecule has 3 rings (SSSR count). The first-order valence-electron chi connectivity index (χ1n) is 6.70. The molecule has 0 saturated carbocycles. The molecule has 108 valence electrons. The summed E-state index contributed by atoms with van der Waals surface area (Å²) in [5.41, 5.74) is 9.27. The van der Waals surface area contributed by atoms with Crippen molar-refractivity contribution in [3.63, 3.8) is 0 Å². The first kappa shape index (κ1) is 14.2. The molecule has 21 heavy (non-hydrogen) atoms. The molecule has 1 aromatic heterocycles. The van der Waals surface area contributed by atoms with Crippen molar-refractivity contribution in [2.45, 2.75) is 19.9 Å². The zero-order chi connectivity index (χ0) is 15.1. The summed E-state index contributed by atoms with van der Waals surface area (Å²) in [5.74, 6) is 0.805. The van der Waals surface area contributed by atoms with Crippen LogP contribution in [0.1, 0.15) is 19.9 Å². The number of fused-ring (bicyclic) bond motifs is 1. The topological polar surface area (TPSA) is 43.8 Å². The fourth-order valence-corrected chi connectivity index (χ4v) is 2.87. The van der Waals surface area contributed by atoms with Crippen molar-refractivity contribution in [2.24, 2.45) is 0 Å². The zero-order valence-electron chi connectivity index (χ0n) is 11.8. The number of imidazole rings is 1. The number of aromatic nitrogens is 2. The fourth-order valence-electron chi connectivity index (χ4n) is 2.50. The zero-order valence-corrected chi connectivity index (χ0v) is 13.3. The van der Waals surface area contributed by atoms with Crippen LogP contribution in [0.2, 0.25) is 10.0 Å². The number of hydrogen-bond donors (Lipinski definition) is 1. The highest BCUT2D eigenvalue weighted by molar-refractivity contribution is 6.33. The Labute approximate surface area is 133 Å². The normalized spacial score (nSPS) is 11.5. The fraction of sp³-hybridized carbons (Fsp3) is 0.188. The molecular weight excluding hydrogens is 305 g/mol. The third-order valence-corrected chi connectivity index (χ3v) is 3.96. The van der Waals surface area contributed by atoms with Crippen LogP contribution < -0.4 is 5.73 Å². The third-order valence-electron chi connectivity index (χ3n) is 3.40. The summed E-state index contributed by atoms with van der Waals surface area (Å²) in [6, 6.07) is 11.4. The van der Waals surface area contributed by atoms with Gasteiger partial charge in [-0.05, 0) is 50.2 Å². The molecule has 1 heterocycles. The molecule has 0 saturated heterocycles. The second-order valence-corrected chi connectivity index (χ2v) is 6.12. The van der Waals surface area contributed by atoms with Gasteiger partial charge in [0.2, 0.25) is 0 Å². The Morgan fingerprint density at radius 3 is 2.57 bits per heavy atom. The van der Waals surface area contributed by atoms with Crippen molar-refractivity contribution in [2.75, 3.05) is 5.73 Å². The number of benzene rings is 2. The van der Waals surface area contributed by atoms with Crippen molar-refractivity contribution >= 4 is 39.9 Å². The van der Waals surface area contributed by atoms with Gasteiger partial charge in [0, 0.05) is 22.3 Å². The van der Waals surface area contributed by atoms with E-state index in [4.69, 9.17) is 33.9 Å². The lowest BCUT2D eigenvalue weighted by Crippen LogP contribution is -2.03. The SMILES string of the molecule is CC(C)n1c(-c2cc(N)ccc2Cl)nc2cc(Cl)ccc21. The lowest BCUT2D eigenvalue weighted by Gasteiger charge is -2.14. The molecule has 2 N–H and O–H groups in total. The highest BCUT2D eigenvalue weighted by Crippen LogP contribution is 2.34. The van der Waals surface area contributed by atoms with Gasteiger partial charge in [-0.25, -0.2) is 4.98 Å². The molecular formula is C16H15Cl2N3. The Morgan fingerprint density at radius 2 is 1.86 bits per heavy atom. The molecule has 3 aromatic rings. The van der Waals surface area contributed by atoms with Crippen LogP contribution in [0.5, 0.6) is 0 Å². The molecule has 0 atom stereocenters. The summed E-state index contributed by atoms with van der Waals surface area (Å²) in [4.78, 5) is 4.71. The van der Waals surface area contributed by atoms with Crippen LogP contribution in [0.15, 0.2) is 36.4 Å². The minimum Gasteiger partial charge on any atom is -0.399 e. The average Bonchev–Trinajstić information content (AvgIpc) is 2.79. The van der Waals surface area contributed by atoms with Crippen LogP contribution >= 0.6 is 23.2 Å². The van der Waals surface area contributed by atoms with E-state index < -0.39 is 0 Å². The summed E-state index contributed by atoms with van der Waals surface area (Å²) in [6.07, 6.45) is 0. The molecule has 0 spiro atoms. The van der Waals surface area contributed by atoms with Crippen molar-refractivity contribution in [1.29, 1.82) is 0 Å². The molecule has 2 aromatic carbocycles. The monoisotopic (exact) mass is 319 g/mol. The summed E-state index contributed by atoms with van der Waals surface area (Å²) in [6.45, 7) is 4.22. The minimum absolute atomic E-state index is 0.240. The molecule has 0 aliphatic rings. The molecule has 0 amide bonds. The van der Waals surface area contributed by atoms with E-state index in [-0.39, 0.29) is 6.04 Å². The van der Waals surface area contributed by atoms with Gasteiger partial charge in [0.1, 0.15) is 5.82 Å². The van der Waals surface area contributed by atoms with Gasteiger partial charge in [-0.3, -0.25) is 0 Å². The third kappa shape index (κ3) is 2.47. The highest BCUT2D eigenvalue weighted by Gasteiger charge is 2.17. The molecule has 0 bridgehead atoms. The Bertz CT molecular complexity index is 822. The van der Waals surface area contributed by atoms with E-state index >= 15 is 0 Å². The van der Waals surface area contributed by atoms with Gasteiger partial charge in [0.15, 0.2) is 0 Å². The van der Waals surface area contributed by atoms with Gasteiger partial charge >= 0.3 is 0 Å². The van der Waals surface area contributed by atoms with Crippen molar-refractivity contribution < 1.29 is 0 Å². The van der Waals surface area contributed by atoms with Crippen molar-refractivity contribution in [3.05, 3.63) is 46.4 Å². The van der Waals surface area contributed by atoms with Crippen LogP contribution in [0.3, 0.4) is 0 Å². The number of rotatable bonds is 2. The predicted octanol–water partition coefficient (Wildman–Crippen LogP) is 5.17. The Morgan fingerprint density at radius 1 is 1.10 bits per heavy atom. The van der Waals surface area contributed by atoms with Crippen molar-refractivity contribution in [3.8, 4) is 11.4 Å². The van der Waals surface area contributed by atoms with E-state index in [1.807, 2.05) is 24.3 Å². The Kier molecular flexibility index (Phi) is 3.56. The van der Waals surface area contributed by atoms with Gasteiger partial charge in [0.05, 0.1) is 16.1 Å². The van der Waals surface area contributed by atoms with E-state index in [1.54, 1.807) is 12.1 Å². The Hall–Kier alpha value is -1.71. The minimum atomic E-state index is 0.240. The maximum Gasteiger partial charge on any atom is 0.142 e. The first-order chi connectivity index (χ1) is 9.97. The largest absolute Gasteiger partial charge is 0.399 e. The molecule has 0 aliphatic carbocycles. The average molecular weight is 320 g/mol. The van der Waals surface area contributed by atoms with E-state index in [9.17, 15) is 0 Å². The van der Waals surface area contributed by atoms with Gasteiger partial charge in [0.25, 0.3) is 0 Å². The summed E-state index contributed by atoms with van der Waals surface area (Å²) in [5, 5.41) is 1.30. The molecule has 5 heteroatoms. The summed E-state index contributed by atoms with van der Waals surface area (Å²) >= 11 is 12.4. The molecule has 0 unspecified atom stereocenters. The van der Waals surface area contributed by atoms with E-state index in [2.05, 4.69) is 18.4 Å². The first-order valence-corrected chi connectivity index (χ1v) is 7.46. The molecule has 0 aliphatic heterocycles. The molecule has 0 radical (unpaired) electrons. The maximum absolute atomic E-state index is 6.33. The smallest absolute Gasteiger partial charge is 0.142 e. The van der Waals surface area contributed by atoms with Crippen LogP contribution in [0.25, 0.3) is 22.4 Å². The maximum atomic E-state index is 6.33. The van der Waals surface area contributed by atoms with E-state index in [0.29, 0.717) is 15.7 Å². The van der Waals surface area contributed by atoms with Crippen LogP contribution in [-0.2, 0) is 0 Å². The number of nitrogen functional groups attached to an aromatic ring is 1. The van der Waals surface area contributed by atoms with Gasteiger partial charge in [-0.2, -0.15) is 0 Å². The van der Waals surface area contributed by atoms with Crippen LogP contribution in [-0.4, -0.2) is 9.55 Å². The second kappa shape index (κ2) is 5.24. The van der Waals surface area contributed by atoms with E-state index in [0.717, 1.165) is 22.4 Å². The van der Waals surface area contributed by atoms with Gasteiger partial charge < -0.3 is 10.3 Å². The highest BCUT2D eigenvalue weighted by atomic mass is 35.5. The van der Waals surface area contributed by atoms with E-state index in [1.165, 1.54) is 0 Å². The molecule has 3 nitrogen and oxygen atoms in total. The lowest BCUT2D eigenvalue weighted by molar-refractivity contribution is 0.624. The number of nitrogens with two attached hydrogens (primary N) is 1. The summed E-state index contributed by atoms with van der Waals surface area (Å²) < 4.78 is 2.15. The Balaban J connectivity index is 2.36. The standard InChI is InChI=1S/C16H15Cl2N3/c1-9(2)21-15-6-3-10(17)7-14(15)20-16(21)12-8-11(19)4-5-13(12)18/h3-9H,19H2,1-2H3. The quantitative estimate of drug-likeness (QED) is 0.662. The second-order valence-electron chi connectivity index (χ2n) is 5.27. The van der Waals surface area contributed by atoms with Gasteiger partial charge in [-0.15, -0.1) is 0 Å².